The maximum Gasteiger partial charge on any atom is 0.253 e. The van der Waals surface area contributed by atoms with E-state index in [-0.39, 0.29) is 5.91 Å². The summed E-state index contributed by atoms with van der Waals surface area (Å²) < 4.78 is 1.81. The van der Waals surface area contributed by atoms with Crippen LogP contribution in [0.25, 0.3) is 11.2 Å². The number of piperidine rings is 1. The molecule has 2 N–H and O–H groups in total. The van der Waals surface area contributed by atoms with Crippen LogP contribution in [0.15, 0.2) is 48.7 Å². The van der Waals surface area contributed by atoms with Crippen molar-refractivity contribution >= 4 is 28.8 Å². The summed E-state index contributed by atoms with van der Waals surface area (Å²) in [5.74, 6) is 0.612. The van der Waals surface area contributed by atoms with E-state index in [2.05, 4.69) is 39.8 Å². The van der Waals surface area contributed by atoms with Crippen LogP contribution in [-0.4, -0.2) is 76.6 Å². The zero-order valence-corrected chi connectivity index (χ0v) is 19.3. The van der Waals surface area contributed by atoms with Gasteiger partial charge in [-0.3, -0.25) is 4.79 Å². The molecular formula is C25H31N7O. The number of likely N-dealkylation sites (tertiary alicyclic amines) is 1. The number of carbonyl (C=O) groups excluding carboxylic acids is 1. The third-order valence-electron chi connectivity index (χ3n) is 6.72. The highest BCUT2D eigenvalue weighted by Gasteiger charge is 2.24. The molecule has 172 valence electrons. The topological polar surface area (TPSA) is 77.8 Å². The van der Waals surface area contributed by atoms with Crippen molar-refractivity contribution in [3.8, 4) is 0 Å². The number of rotatable bonds is 5. The van der Waals surface area contributed by atoms with Gasteiger partial charge < -0.3 is 20.4 Å². The van der Waals surface area contributed by atoms with Gasteiger partial charge in [0.15, 0.2) is 5.65 Å². The molecule has 0 bridgehead atoms. The van der Waals surface area contributed by atoms with Crippen LogP contribution in [0.4, 0.5) is 11.6 Å². The highest BCUT2D eigenvalue weighted by molar-refractivity contribution is 5.94. The van der Waals surface area contributed by atoms with Gasteiger partial charge in [0.25, 0.3) is 5.91 Å². The van der Waals surface area contributed by atoms with E-state index < -0.39 is 0 Å². The third kappa shape index (κ3) is 4.62. The van der Waals surface area contributed by atoms with Gasteiger partial charge in [0, 0.05) is 42.6 Å². The van der Waals surface area contributed by atoms with Crippen molar-refractivity contribution in [3.05, 3.63) is 59.8 Å². The number of pyridine rings is 1. The molecule has 1 fully saturated rings. The monoisotopic (exact) mass is 445 g/mol. The van der Waals surface area contributed by atoms with Gasteiger partial charge in [-0.05, 0) is 87.9 Å². The van der Waals surface area contributed by atoms with Gasteiger partial charge in [0.05, 0.1) is 0 Å². The molecule has 5 rings (SSSR count). The number of fused-ring (bicyclic) bond motifs is 1. The summed E-state index contributed by atoms with van der Waals surface area (Å²) >= 11 is 0. The third-order valence-corrected chi connectivity index (χ3v) is 6.72. The Morgan fingerprint density at radius 3 is 2.70 bits per heavy atom. The molecule has 8 heteroatoms. The van der Waals surface area contributed by atoms with Crippen molar-refractivity contribution in [2.24, 2.45) is 0 Å². The average Bonchev–Trinajstić information content (AvgIpc) is 3.27. The Kier molecular flexibility index (Phi) is 6.11. The molecule has 33 heavy (non-hydrogen) atoms. The number of carbonyl (C=O) groups is 1. The van der Waals surface area contributed by atoms with E-state index in [1.165, 1.54) is 5.57 Å². The first-order valence-electron chi connectivity index (χ1n) is 11.7. The highest BCUT2D eigenvalue weighted by atomic mass is 16.2. The summed E-state index contributed by atoms with van der Waals surface area (Å²) in [7, 11) is 4.05. The molecule has 2 aromatic heterocycles. The minimum Gasteiger partial charge on any atom is -0.339 e. The minimum atomic E-state index is 0.0712. The van der Waals surface area contributed by atoms with Gasteiger partial charge in [-0.25, -0.2) is 4.52 Å². The summed E-state index contributed by atoms with van der Waals surface area (Å²) in [5.41, 5.74) is 4.82. The molecule has 2 aliphatic heterocycles. The van der Waals surface area contributed by atoms with Gasteiger partial charge in [-0.15, -0.1) is 5.10 Å². The summed E-state index contributed by atoms with van der Waals surface area (Å²) in [5, 5.41) is 11.2. The molecule has 0 saturated carbocycles. The second-order valence-corrected chi connectivity index (χ2v) is 8.96. The lowest BCUT2D eigenvalue weighted by Gasteiger charge is -2.35. The lowest BCUT2D eigenvalue weighted by molar-refractivity contribution is 0.0659. The fraction of sp³-hybridized carbons (Fsp3) is 0.400. The molecule has 3 aromatic rings. The molecule has 2 aliphatic rings. The number of aromatic nitrogens is 3. The normalized spacial score (nSPS) is 17.7. The summed E-state index contributed by atoms with van der Waals surface area (Å²) in [6, 6.07) is 12.0. The van der Waals surface area contributed by atoms with E-state index in [4.69, 9.17) is 4.98 Å². The fourth-order valence-electron chi connectivity index (χ4n) is 4.65. The van der Waals surface area contributed by atoms with Crippen molar-refractivity contribution in [2.75, 3.05) is 45.6 Å². The highest BCUT2D eigenvalue weighted by Crippen LogP contribution is 2.25. The fourth-order valence-corrected chi connectivity index (χ4v) is 4.65. The Morgan fingerprint density at radius 1 is 1.18 bits per heavy atom. The Hall–Kier alpha value is -3.23. The largest absolute Gasteiger partial charge is 0.339 e. The van der Waals surface area contributed by atoms with Gasteiger partial charge >= 0.3 is 0 Å². The SMILES string of the molecule is CN1CCC(N(C)C(=O)c2ccc(Nc3nc4c(C5=CCNCC5)cccn4n3)cc2)CC1. The van der Waals surface area contributed by atoms with Crippen LogP contribution in [0.2, 0.25) is 0 Å². The molecule has 0 spiro atoms. The predicted molar refractivity (Wildman–Crippen MR) is 131 cm³/mol. The quantitative estimate of drug-likeness (QED) is 0.629. The molecular weight excluding hydrogens is 414 g/mol. The lowest BCUT2D eigenvalue weighted by Crippen LogP contribution is -2.44. The van der Waals surface area contributed by atoms with Crippen LogP contribution in [0, 0.1) is 0 Å². The van der Waals surface area contributed by atoms with E-state index >= 15 is 0 Å². The van der Waals surface area contributed by atoms with Crippen molar-refractivity contribution in [1.82, 2.24) is 29.7 Å². The molecule has 1 saturated heterocycles. The zero-order chi connectivity index (χ0) is 22.8. The van der Waals surface area contributed by atoms with E-state index in [1.54, 1.807) is 0 Å². The standard InChI is InChI=1S/C25H31N7O/c1-30-16-11-21(12-17-30)31(2)24(33)19-5-7-20(8-6-19)27-25-28-23-22(4-3-15-32(23)29-25)18-9-13-26-14-10-18/h3-9,15,21,26H,10-14,16-17H2,1-2H3,(H,27,29). The number of nitrogens with zero attached hydrogens (tertiary/aromatic N) is 5. The first kappa shape index (κ1) is 21.6. The van der Waals surface area contributed by atoms with Crippen LogP contribution < -0.4 is 10.6 Å². The smallest absolute Gasteiger partial charge is 0.253 e. The number of hydrogen-bond acceptors (Lipinski definition) is 6. The van der Waals surface area contributed by atoms with Crippen LogP contribution in [0.5, 0.6) is 0 Å². The van der Waals surface area contributed by atoms with Gasteiger partial charge in [-0.2, -0.15) is 4.98 Å². The Morgan fingerprint density at radius 2 is 1.97 bits per heavy atom. The van der Waals surface area contributed by atoms with Crippen LogP contribution in [-0.2, 0) is 0 Å². The van der Waals surface area contributed by atoms with Gasteiger partial charge in [0.1, 0.15) is 0 Å². The van der Waals surface area contributed by atoms with Crippen LogP contribution in [0.1, 0.15) is 35.2 Å². The van der Waals surface area contributed by atoms with E-state index in [0.29, 0.717) is 17.6 Å². The molecule has 0 atom stereocenters. The second kappa shape index (κ2) is 9.33. The molecule has 1 aromatic carbocycles. The summed E-state index contributed by atoms with van der Waals surface area (Å²) in [6.45, 7) is 3.93. The van der Waals surface area contributed by atoms with Crippen LogP contribution >= 0.6 is 0 Å². The number of hydrogen-bond donors (Lipinski definition) is 2. The van der Waals surface area contributed by atoms with Crippen molar-refractivity contribution < 1.29 is 4.79 Å². The molecule has 8 nitrogen and oxygen atoms in total. The molecule has 0 unspecified atom stereocenters. The molecule has 0 radical (unpaired) electrons. The van der Waals surface area contributed by atoms with Gasteiger partial charge in [0.2, 0.25) is 5.95 Å². The Bertz CT molecular complexity index is 1160. The second-order valence-electron chi connectivity index (χ2n) is 8.96. The average molecular weight is 446 g/mol. The molecule has 4 heterocycles. The maximum absolute atomic E-state index is 13.0. The number of benzene rings is 1. The number of nitrogens with one attached hydrogen (secondary N) is 2. The van der Waals surface area contributed by atoms with Crippen molar-refractivity contribution in [2.45, 2.75) is 25.3 Å². The van der Waals surface area contributed by atoms with Crippen molar-refractivity contribution in [3.63, 3.8) is 0 Å². The Balaban J connectivity index is 1.29. The van der Waals surface area contributed by atoms with Crippen molar-refractivity contribution in [1.29, 1.82) is 0 Å². The molecule has 0 aliphatic carbocycles. The number of amides is 1. The summed E-state index contributed by atoms with van der Waals surface area (Å²) in [6.07, 6.45) is 7.16. The van der Waals surface area contributed by atoms with Gasteiger partial charge in [-0.1, -0.05) is 6.08 Å². The lowest BCUT2D eigenvalue weighted by atomic mass is 10.0. The zero-order valence-electron chi connectivity index (χ0n) is 19.3. The van der Waals surface area contributed by atoms with E-state index in [1.807, 2.05) is 53.0 Å². The van der Waals surface area contributed by atoms with Crippen LogP contribution in [0.3, 0.4) is 0 Å². The first-order chi connectivity index (χ1) is 16.1. The van der Waals surface area contributed by atoms with E-state index in [9.17, 15) is 4.79 Å². The Labute approximate surface area is 194 Å². The van der Waals surface area contributed by atoms with E-state index in [0.717, 1.165) is 62.3 Å². The molecule has 1 amide bonds. The first-order valence-corrected chi connectivity index (χ1v) is 11.7. The minimum absolute atomic E-state index is 0.0712. The summed E-state index contributed by atoms with van der Waals surface area (Å²) in [4.78, 5) is 21.9. The maximum atomic E-state index is 13.0. The number of anilines is 2. The predicted octanol–water partition coefficient (Wildman–Crippen LogP) is 3.02.